The highest BCUT2D eigenvalue weighted by Crippen LogP contribution is 2.24. The Hall–Kier alpha value is -3.87. The van der Waals surface area contributed by atoms with E-state index in [1.807, 2.05) is 42.5 Å². The van der Waals surface area contributed by atoms with E-state index >= 15 is 0 Å². The predicted molar refractivity (Wildman–Crippen MR) is 127 cm³/mol. The van der Waals surface area contributed by atoms with E-state index in [1.54, 1.807) is 45.0 Å². The average Bonchev–Trinajstić information content (AvgIpc) is 2.78. The van der Waals surface area contributed by atoms with Crippen molar-refractivity contribution in [1.82, 2.24) is 5.32 Å². The van der Waals surface area contributed by atoms with Gasteiger partial charge in [-0.2, -0.15) is 0 Å². The van der Waals surface area contributed by atoms with Crippen molar-refractivity contribution >= 4 is 28.5 Å². The summed E-state index contributed by atoms with van der Waals surface area (Å²) >= 11 is 0. The minimum atomic E-state index is -0.637. The van der Waals surface area contributed by atoms with Crippen LogP contribution in [0.2, 0.25) is 0 Å². The minimum absolute atomic E-state index is 0.0447. The number of hydrogen-bond acceptors (Lipinski definition) is 4. The van der Waals surface area contributed by atoms with Crippen molar-refractivity contribution < 1.29 is 23.5 Å². The molecule has 3 rings (SSSR count). The van der Waals surface area contributed by atoms with E-state index < -0.39 is 11.7 Å². The molecule has 3 aromatic carbocycles. The Bertz CT molecular complexity index is 1150. The largest absolute Gasteiger partial charge is 0.489 e. The molecule has 3 aromatic rings. The van der Waals surface area contributed by atoms with E-state index in [2.05, 4.69) is 10.6 Å². The maximum absolute atomic E-state index is 13.1. The first-order valence-electron chi connectivity index (χ1n) is 10.5. The van der Waals surface area contributed by atoms with Gasteiger partial charge in [-0.25, -0.2) is 9.18 Å². The second-order valence-electron chi connectivity index (χ2n) is 8.42. The van der Waals surface area contributed by atoms with Gasteiger partial charge in [-0.05, 0) is 56.5 Å². The maximum Gasteiger partial charge on any atom is 0.407 e. The van der Waals surface area contributed by atoms with E-state index in [0.717, 1.165) is 16.5 Å². The second-order valence-corrected chi connectivity index (χ2v) is 8.42. The van der Waals surface area contributed by atoms with Crippen LogP contribution in [-0.2, 0) is 4.74 Å². The van der Waals surface area contributed by atoms with Crippen LogP contribution in [-0.4, -0.2) is 30.8 Å². The van der Waals surface area contributed by atoms with Crippen LogP contribution in [0.3, 0.4) is 0 Å². The van der Waals surface area contributed by atoms with Crippen LogP contribution in [0.15, 0.2) is 78.6 Å². The smallest absolute Gasteiger partial charge is 0.407 e. The van der Waals surface area contributed by atoms with Gasteiger partial charge < -0.3 is 20.1 Å². The molecule has 172 valence electrons. The highest BCUT2D eigenvalue weighted by molar-refractivity contribution is 6.09. The summed E-state index contributed by atoms with van der Waals surface area (Å²) in [5.74, 6) is 0.220. The molecule has 0 saturated heterocycles. The number of anilines is 1. The fourth-order valence-corrected chi connectivity index (χ4v) is 3.03. The first-order valence-corrected chi connectivity index (χ1v) is 10.5. The lowest BCUT2D eigenvalue weighted by Gasteiger charge is -2.20. The van der Waals surface area contributed by atoms with E-state index in [1.165, 1.54) is 0 Å². The molecule has 2 N–H and O–H groups in total. The first kappa shape index (κ1) is 23.8. The van der Waals surface area contributed by atoms with Crippen LogP contribution in [0.5, 0.6) is 5.75 Å². The van der Waals surface area contributed by atoms with Gasteiger partial charge in [0.15, 0.2) is 0 Å². The molecule has 0 heterocycles. The molecule has 0 aliphatic heterocycles. The van der Waals surface area contributed by atoms with Gasteiger partial charge in [0, 0.05) is 28.8 Å². The van der Waals surface area contributed by atoms with Gasteiger partial charge in [0.1, 0.15) is 18.0 Å². The Morgan fingerprint density at radius 3 is 2.36 bits per heavy atom. The van der Waals surface area contributed by atoms with Crippen LogP contribution >= 0.6 is 0 Å². The van der Waals surface area contributed by atoms with Crippen molar-refractivity contribution in [2.24, 2.45) is 0 Å². The number of amides is 2. The van der Waals surface area contributed by atoms with Gasteiger partial charge in [0.25, 0.3) is 5.91 Å². The lowest BCUT2D eigenvalue weighted by Crippen LogP contribution is -2.34. The molecule has 0 radical (unpaired) electrons. The van der Waals surface area contributed by atoms with E-state index in [-0.39, 0.29) is 24.6 Å². The Labute approximate surface area is 192 Å². The number of benzene rings is 3. The molecule has 0 fully saturated rings. The minimum Gasteiger partial charge on any atom is -0.489 e. The first-order chi connectivity index (χ1) is 15.7. The van der Waals surface area contributed by atoms with E-state index in [0.29, 0.717) is 17.6 Å². The highest BCUT2D eigenvalue weighted by Gasteiger charge is 2.16. The molecule has 2 amide bonds. The standard InChI is InChI=1S/C26H27FN2O4/c1-26(2,3)33-25(31)28-16-18(15-27)17-32-21-13-11-20(12-14-21)24(30)29-23-10-6-8-19-7-4-5-9-22(19)23/h4-15H,16-17H2,1-3H3,(H,28,31)(H,29,30)/b18-15-. The number of carbonyl (C=O) groups is 2. The number of hydrogen-bond donors (Lipinski definition) is 2. The number of carbonyl (C=O) groups excluding carboxylic acids is 2. The van der Waals surface area contributed by atoms with Crippen LogP contribution < -0.4 is 15.4 Å². The molecule has 7 heteroatoms. The average molecular weight is 451 g/mol. The molecule has 6 nitrogen and oxygen atoms in total. The Morgan fingerprint density at radius 2 is 1.67 bits per heavy atom. The van der Waals surface area contributed by atoms with Crippen molar-refractivity contribution in [2.75, 3.05) is 18.5 Å². The fourth-order valence-electron chi connectivity index (χ4n) is 3.03. The number of halogens is 1. The number of fused-ring (bicyclic) bond motifs is 1. The molecule has 0 aliphatic rings. The molecule has 0 spiro atoms. The van der Waals surface area contributed by atoms with Crippen molar-refractivity contribution in [3.8, 4) is 5.75 Å². The van der Waals surface area contributed by atoms with E-state index in [4.69, 9.17) is 9.47 Å². The van der Waals surface area contributed by atoms with Crippen molar-refractivity contribution in [3.05, 3.63) is 84.2 Å². The summed E-state index contributed by atoms with van der Waals surface area (Å²) in [6.45, 7) is 5.12. The van der Waals surface area contributed by atoms with Crippen LogP contribution in [0.4, 0.5) is 14.9 Å². The van der Waals surface area contributed by atoms with Crippen molar-refractivity contribution in [3.63, 3.8) is 0 Å². The summed E-state index contributed by atoms with van der Waals surface area (Å²) < 4.78 is 23.8. The second kappa shape index (κ2) is 10.6. The summed E-state index contributed by atoms with van der Waals surface area (Å²) in [5, 5.41) is 7.41. The summed E-state index contributed by atoms with van der Waals surface area (Å²) in [4.78, 5) is 24.4. The number of nitrogens with one attached hydrogen (secondary N) is 2. The lowest BCUT2D eigenvalue weighted by atomic mass is 10.1. The SMILES string of the molecule is CC(C)(C)OC(=O)NC/C(=C/F)COc1ccc(C(=O)Nc2cccc3ccccc23)cc1. The summed E-state index contributed by atoms with van der Waals surface area (Å²) in [7, 11) is 0. The van der Waals surface area contributed by atoms with Crippen LogP contribution in [0.1, 0.15) is 31.1 Å². The number of alkyl carbamates (subject to hydrolysis) is 1. The zero-order chi connectivity index (χ0) is 23.8. The topological polar surface area (TPSA) is 76.7 Å². The molecule has 0 atom stereocenters. The molecule has 0 unspecified atom stereocenters. The van der Waals surface area contributed by atoms with Crippen molar-refractivity contribution in [2.45, 2.75) is 26.4 Å². The zero-order valence-electron chi connectivity index (χ0n) is 18.9. The zero-order valence-corrected chi connectivity index (χ0v) is 18.9. The van der Waals surface area contributed by atoms with Crippen molar-refractivity contribution in [1.29, 1.82) is 0 Å². The van der Waals surface area contributed by atoms with Crippen LogP contribution in [0.25, 0.3) is 10.8 Å². The molecule has 0 saturated carbocycles. The van der Waals surface area contributed by atoms with Gasteiger partial charge >= 0.3 is 6.09 Å². The van der Waals surface area contributed by atoms with Crippen LogP contribution in [0, 0.1) is 0 Å². The molecular formula is C26H27FN2O4. The van der Waals surface area contributed by atoms with Gasteiger partial charge in [-0.1, -0.05) is 36.4 Å². The van der Waals surface area contributed by atoms with Gasteiger partial charge in [0.2, 0.25) is 0 Å². The normalized spacial score (nSPS) is 11.7. The quantitative estimate of drug-likeness (QED) is 0.473. The number of rotatable bonds is 7. The summed E-state index contributed by atoms with van der Waals surface area (Å²) in [6, 6.07) is 20.1. The number of ether oxygens (including phenoxy) is 2. The molecule has 0 aromatic heterocycles. The Kier molecular flexibility index (Phi) is 7.66. The monoisotopic (exact) mass is 450 g/mol. The maximum atomic E-state index is 13.1. The Morgan fingerprint density at radius 1 is 0.970 bits per heavy atom. The molecular weight excluding hydrogens is 423 g/mol. The molecule has 0 bridgehead atoms. The van der Waals surface area contributed by atoms with Gasteiger partial charge in [-0.15, -0.1) is 0 Å². The predicted octanol–water partition coefficient (Wildman–Crippen LogP) is 5.85. The highest BCUT2D eigenvalue weighted by atomic mass is 19.1. The summed E-state index contributed by atoms with van der Waals surface area (Å²) in [6.07, 6.45) is -0.244. The summed E-state index contributed by atoms with van der Waals surface area (Å²) in [5.41, 5.74) is 0.789. The third-order valence-corrected chi connectivity index (χ3v) is 4.59. The molecule has 0 aliphatic carbocycles. The third kappa shape index (κ3) is 7.07. The lowest BCUT2D eigenvalue weighted by molar-refractivity contribution is 0.0531. The Balaban J connectivity index is 1.54. The third-order valence-electron chi connectivity index (χ3n) is 4.59. The fraction of sp³-hybridized carbons (Fsp3) is 0.231. The van der Waals surface area contributed by atoms with Gasteiger partial charge in [0.05, 0.1) is 6.33 Å². The molecule has 33 heavy (non-hydrogen) atoms. The van der Waals surface area contributed by atoms with E-state index in [9.17, 15) is 14.0 Å². The van der Waals surface area contributed by atoms with Gasteiger partial charge in [-0.3, -0.25) is 4.79 Å².